The van der Waals surface area contributed by atoms with Gasteiger partial charge in [-0.1, -0.05) is 23.3 Å². The predicted molar refractivity (Wildman–Crippen MR) is 89.1 cm³/mol. The number of rotatable bonds is 0. The van der Waals surface area contributed by atoms with Crippen LogP contribution in [0.15, 0.2) is 35.7 Å². The predicted octanol–water partition coefficient (Wildman–Crippen LogP) is 5.25. The van der Waals surface area contributed by atoms with Crippen LogP contribution in [-0.4, -0.2) is 0 Å². The first-order valence-electron chi connectivity index (χ1n) is 6.44. The Balaban J connectivity index is 0.000000497. The molecule has 0 amide bonds. The normalized spacial score (nSPS) is 15.7. The first-order chi connectivity index (χ1) is 10.0. The van der Waals surface area contributed by atoms with Crippen molar-refractivity contribution < 1.29 is 15.9 Å². The molecule has 2 aliphatic rings. The Morgan fingerprint density at radius 1 is 0.762 bits per heavy atom. The van der Waals surface area contributed by atoms with Crippen LogP contribution in [0.3, 0.4) is 0 Å². The molecule has 2 aliphatic heterocycles. The van der Waals surface area contributed by atoms with Crippen LogP contribution in [0.2, 0.25) is 0 Å². The molecule has 0 bridgehead atoms. The molecule has 1 aromatic rings. The molecular formula is C16H16Cl2N2Pd-2. The van der Waals surface area contributed by atoms with Gasteiger partial charge in [0.05, 0.1) is 0 Å². The maximum atomic E-state index is 4.81. The topological polar surface area (TPSA) is 28.2 Å². The fourth-order valence-corrected chi connectivity index (χ4v) is 2.39. The third-order valence-electron chi connectivity index (χ3n) is 3.92. The first kappa shape index (κ1) is 16.6. The van der Waals surface area contributed by atoms with Crippen molar-refractivity contribution in [2.24, 2.45) is 0 Å². The fourth-order valence-electron chi connectivity index (χ4n) is 2.39. The van der Waals surface area contributed by atoms with Crippen molar-refractivity contribution in [1.82, 2.24) is 0 Å². The van der Waals surface area contributed by atoms with E-state index in [1.807, 2.05) is 12.4 Å². The zero-order valence-electron chi connectivity index (χ0n) is 12.3. The SMILES string of the molecule is CC1=C[N-]c2c3c(ccc2=C1C)=C(C)C(C)=C[N-]3.[Cl][Pd][Cl]. The molecule has 5 heteroatoms. The summed E-state index contributed by atoms with van der Waals surface area (Å²) in [6, 6.07) is 4.34. The number of nitrogens with zero attached hydrogens (tertiary/aromatic N) is 2. The van der Waals surface area contributed by atoms with Crippen molar-refractivity contribution in [3.05, 3.63) is 56.7 Å². The number of allylic oxidation sites excluding steroid dienone is 2. The Labute approximate surface area is 141 Å². The fraction of sp³-hybridized carbons (Fsp3) is 0.250. The van der Waals surface area contributed by atoms with Gasteiger partial charge in [-0.25, -0.2) is 0 Å². The molecule has 0 aromatic heterocycles. The van der Waals surface area contributed by atoms with Gasteiger partial charge in [-0.3, -0.25) is 0 Å². The minimum atomic E-state index is -0.106. The van der Waals surface area contributed by atoms with Gasteiger partial charge in [0.1, 0.15) is 0 Å². The second kappa shape index (κ2) is 7.03. The van der Waals surface area contributed by atoms with Gasteiger partial charge >= 0.3 is 35.0 Å². The molecule has 0 saturated heterocycles. The van der Waals surface area contributed by atoms with Crippen LogP contribution in [0.4, 0.5) is 11.4 Å². The number of halogens is 2. The van der Waals surface area contributed by atoms with Gasteiger partial charge in [-0.2, -0.15) is 12.4 Å². The Bertz CT molecular complexity index is 685. The number of hydrogen-bond donors (Lipinski definition) is 0. The average Bonchev–Trinajstić information content (AvgIpc) is 2.47. The number of hydrogen-bond acceptors (Lipinski definition) is 0. The quantitative estimate of drug-likeness (QED) is 0.520. The van der Waals surface area contributed by atoms with Crippen LogP contribution in [0.5, 0.6) is 0 Å². The van der Waals surface area contributed by atoms with Crippen LogP contribution in [0, 0.1) is 0 Å². The van der Waals surface area contributed by atoms with Gasteiger partial charge in [0.15, 0.2) is 0 Å². The summed E-state index contributed by atoms with van der Waals surface area (Å²) in [4.78, 5) is 0. The summed E-state index contributed by atoms with van der Waals surface area (Å²) in [5.74, 6) is 0. The van der Waals surface area contributed by atoms with E-state index in [-0.39, 0.29) is 15.9 Å². The van der Waals surface area contributed by atoms with E-state index >= 15 is 0 Å². The van der Waals surface area contributed by atoms with Crippen molar-refractivity contribution >= 4 is 41.6 Å². The van der Waals surface area contributed by atoms with Gasteiger partial charge in [0.25, 0.3) is 0 Å². The summed E-state index contributed by atoms with van der Waals surface area (Å²) in [5, 5.41) is 11.6. The van der Waals surface area contributed by atoms with E-state index in [1.54, 1.807) is 0 Å². The molecule has 2 nitrogen and oxygen atoms in total. The van der Waals surface area contributed by atoms with E-state index in [2.05, 4.69) is 50.5 Å². The molecule has 0 aliphatic carbocycles. The van der Waals surface area contributed by atoms with Crippen LogP contribution in [0.25, 0.3) is 21.8 Å². The maximum absolute atomic E-state index is 4.81. The van der Waals surface area contributed by atoms with Crippen molar-refractivity contribution in [1.29, 1.82) is 0 Å². The summed E-state index contributed by atoms with van der Waals surface area (Å²) in [7, 11) is 9.63. The molecule has 1 aromatic carbocycles. The first-order valence-corrected chi connectivity index (χ1v) is 10.4. The summed E-state index contributed by atoms with van der Waals surface area (Å²) >= 11 is -0.106. The van der Waals surface area contributed by atoms with Gasteiger partial charge < -0.3 is 10.6 Å². The monoisotopic (exact) mass is 412 g/mol. The zero-order chi connectivity index (χ0) is 15.6. The third kappa shape index (κ3) is 3.22. The molecule has 0 fully saturated rings. The molecule has 21 heavy (non-hydrogen) atoms. The Hall–Kier alpha value is -0.718. The van der Waals surface area contributed by atoms with E-state index in [0.29, 0.717) is 0 Å². The molecule has 0 radical (unpaired) electrons. The Morgan fingerprint density at radius 3 is 1.43 bits per heavy atom. The molecule has 0 unspecified atom stereocenters. The van der Waals surface area contributed by atoms with E-state index in [4.69, 9.17) is 19.1 Å². The second-order valence-electron chi connectivity index (χ2n) is 5.04. The second-order valence-corrected chi connectivity index (χ2v) is 7.40. The van der Waals surface area contributed by atoms with Crippen LogP contribution in [-0.2, 0) is 15.9 Å². The van der Waals surface area contributed by atoms with E-state index in [0.717, 1.165) is 11.4 Å². The van der Waals surface area contributed by atoms with Crippen molar-refractivity contribution in [2.45, 2.75) is 27.7 Å². The van der Waals surface area contributed by atoms with Crippen molar-refractivity contribution in [3.63, 3.8) is 0 Å². The minimum absolute atomic E-state index is 0.106. The van der Waals surface area contributed by atoms with E-state index in [1.165, 1.54) is 32.7 Å². The van der Waals surface area contributed by atoms with Crippen LogP contribution in [0.1, 0.15) is 27.7 Å². The summed E-state index contributed by atoms with van der Waals surface area (Å²) < 4.78 is 0. The molecule has 116 valence electrons. The zero-order valence-corrected chi connectivity index (χ0v) is 15.3. The van der Waals surface area contributed by atoms with Gasteiger partial charge in [0, 0.05) is 0 Å². The van der Waals surface area contributed by atoms with Crippen molar-refractivity contribution in [2.75, 3.05) is 0 Å². The van der Waals surface area contributed by atoms with E-state index in [9.17, 15) is 0 Å². The molecule has 0 atom stereocenters. The molecule has 0 N–H and O–H groups in total. The van der Waals surface area contributed by atoms with Crippen molar-refractivity contribution in [3.8, 4) is 0 Å². The molecule has 0 spiro atoms. The van der Waals surface area contributed by atoms with Crippen LogP contribution < -0.4 is 10.4 Å². The number of benzene rings is 1. The standard InChI is InChI=1S/C16H16N2.2ClH.Pd/c1-9-7-17-15-13(11(9)3)5-6-14-12(4)10(2)8-18-16(14)15;;;/h5-8H,1-4H3;2*1H;/q-2;;;+2/p-2. The molecule has 2 heterocycles. The van der Waals surface area contributed by atoms with Gasteiger partial charge in [-0.05, 0) is 49.3 Å². The van der Waals surface area contributed by atoms with Gasteiger partial charge in [0.2, 0.25) is 0 Å². The van der Waals surface area contributed by atoms with Gasteiger partial charge in [-0.15, -0.1) is 11.4 Å². The molecule has 3 rings (SSSR count). The summed E-state index contributed by atoms with van der Waals surface area (Å²) in [6.45, 7) is 8.48. The third-order valence-corrected chi connectivity index (χ3v) is 3.92. The Morgan fingerprint density at radius 2 is 1.10 bits per heavy atom. The molecule has 0 saturated carbocycles. The Kier molecular flexibility index (Phi) is 5.57. The van der Waals surface area contributed by atoms with Crippen LogP contribution >= 0.6 is 19.1 Å². The molecular weight excluding hydrogens is 398 g/mol. The summed E-state index contributed by atoms with van der Waals surface area (Å²) in [6.07, 6.45) is 3.88. The number of fused-ring (bicyclic) bond motifs is 3. The summed E-state index contributed by atoms with van der Waals surface area (Å²) in [5.41, 5.74) is 7.07. The van der Waals surface area contributed by atoms with E-state index < -0.39 is 0 Å². The average molecular weight is 414 g/mol.